The first-order chi connectivity index (χ1) is 7.00. The van der Waals surface area contributed by atoms with Gasteiger partial charge in [0.05, 0.1) is 4.92 Å². The van der Waals surface area contributed by atoms with Crippen molar-refractivity contribution < 1.29 is 14.4 Å². The highest BCUT2D eigenvalue weighted by Gasteiger charge is 2.20. The summed E-state index contributed by atoms with van der Waals surface area (Å²) in [5, 5.41) is 21.6. The molecule has 2 aromatic rings. The number of nitro benzene ring substituents is 1. The number of hydrogen-bond acceptors (Lipinski definition) is 6. The highest BCUT2D eigenvalue weighted by molar-refractivity contribution is 7.16. The predicted molar refractivity (Wildman–Crippen MR) is 51.5 cm³/mol. The molecule has 0 radical (unpaired) electrons. The Morgan fingerprint density at radius 2 is 2.20 bits per heavy atom. The lowest BCUT2D eigenvalue weighted by atomic mass is 10.3. The van der Waals surface area contributed by atoms with Crippen LogP contribution in [0.15, 0.2) is 15.3 Å². The molecule has 0 atom stereocenters. The van der Waals surface area contributed by atoms with Gasteiger partial charge in [-0.1, -0.05) is 11.6 Å². The summed E-state index contributed by atoms with van der Waals surface area (Å²) in [4.78, 5) is 19.9. The number of rotatable bonds is 1. The third-order valence-corrected chi connectivity index (χ3v) is 2.82. The van der Waals surface area contributed by atoms with E-state index in [1.165, 1.54) is 0 Å². The highest BCUT2D eigenvalue weighted by atomic mass is 35.5. The molecule has 78 valence electrons. The number of benzene rings is 1. The zero-order valence-electron chi connectivity index (χ0n) is 6.85. The first kappa shape index (κ1) is 9.94. The van der Waals surface area contributed by atoms with Crippen LogP contribution in [-0.4, -0.2) is 4.92 Å². The third kappa shape index (κ3) is 1.45. The van der Waals surface area contributed by atoms with Gasteiger partial charge in [-0.2, -0.15) is 0 Å². The first-order valence-electron chi connectivity index (χ1n) is 3.58. The standard InChI is InChI=1S/C7H2ClNO5S/c8-2-1-3-6(15-7(11)14-3)4(5(2)10)9(12)13/h1,10H/p-1. The fraction of sp³-hybridized carbons (Fsp3) is 0. The van der Waals surface area contributed by atoms with Crippen molar-refractivity contribution in [2.24, 2.45) is 0 Å². The Morgan fingerprint density at radius 1 is 1.53 bits per heavy atom. The van der Waals surface area contributed by atoms with Crippen LogP contribution in [0.3, 0.4) is 0 Å². The Morgan fingerprint density at radius 3 is 2.80 bits per heavy atom. The van der Waals surface area contributed by atoms with E-state index in [0.717, 1.165) is 6.07 Å². The van der Waals surface area contributed by atoms with Crippen LogP contribution in [0.2, 0.25) is 5.02 Å². The SMILES string of the molecule is O=c1oc2cc(Cl)c([O-])c([N+](=O)[O-])c2s1. The van der Waals surface area contributed by atoms with Crippen LogP contribution in [-0.2, 0) is 0 Å². The molecular weight excluding hydrogens is 246 g/mol. The van der Waals surface area contributed by atoms with E-state index in [0.29, 0.717) is 11.3 Å². The fourth-order valence-corrected chi connectivity index (χ4v) is 2.07. The molecule has 15 heavy (non-hydrogen) atoms. The first-order valence-corrected chi connectivity index (χ1v) is 4.77. The van der Waals surface area contributed by atoms with Crippen LogP contribution < -0.4 is 10.0 Å². The van der Waals surface area contributed by atoms with Crippen molar-refractivity contribution in [2.75, 3.05) is 0 Å². The van der Waals surface area contributed by atoms with Crippen molar-refractivity contribution in [2.45, 2.75) is 0 Å². The molecule has 8 heteroatoms. The summed E-state index contributed by atoms with van der Waals surface area (Å²) in [6, 6.07) is 1.10. The topological polar surface area (TPSA) is 96.4 Å². The lowest BCUT2D eigenvalue weighted by molar-refractivity contribution is -0.396. The van der Waals surface area contributed by atoms with Crippen LogP contribution in [0.25, 0.3) is 10.3 Å². The van der Waals surface area contributed by atoms with Gasteiger partial charge in [0.15, 0.2) is 10.3 Å². The highest BCUT2D eigenvalue weighted by Crippen LogP contribution is 2.39. The van der Waals surface area contributed by atoms with Gasteiger partial charge in [0, 0.05) is 11.1 Å². The molecule has 0 spiro atoms. The predicted octanol–water partition coefficient (Wildman–Crippen LogP) is 1.49. The molecule has 0 fully saturated rings. The molecule has 0 saturated heterocycles. The fourth-order valence-electron chi connectivity index (χ4n) is 1.11. The Bertz CT molecular complexity index is 616. The number of fused-ring (bicyclic) bond motifs is 1. The van der Waals surface area contributed by atoms with Crippen molar-refractivity contribution in [1.82, 2.24) is 0 Å². The summed E-state index contributed by atoms with van der Waals surface area (Å²) >= 11 is 5.98. The van der Waals surface area contributed by atoms with E-state index in [9.17, 15) is 20.0 Å². The molecule has 0 bridgehead atoms. The largest absolute Gasteiger partial charge is 0.867 e. The van der Waals surface area contributed by atoms with Crippen LogP contribution in [0.1, 0.15) is 0 Å². The van der Waals surface area contributed by atoms with Crippen molar-refractivity contribution in [3.8, 4) is 5.75 Å². The Hall–Kier alpha value is -1.60. The minimum atomic E-state index is -0.911. The molecule has 0 N–H and O–H groups in total. The molecular formula is C7HClNO5S-. The summed E-state index contributed by atoms with van der Waals surface area (Å²) in [5.41, 5.74) is -0.755. The molecule has 0 aliphatic heterocycles. The lowest BCUT2D eigenvalue weighted by Gasteiger charge is -2.07. The van der Waals surface area contributed by atoms with Crippen LogP contribution in [0.4, 0.5) is 5.69 Å². The molecule has 1 aromatic carbocycles. The molecule has 0 aliphatic carbocycles. The number of nitrogens with zero attached hydrogens (tertiary/aromatic N) is 1. The molecule has 0 amide bonds. The van der Waals surface area contributed by atoms with Gasteiger partial charge in [0.25, 0.3) is 5.69 Å². The Kier molecular flexibility index (Phi) is 2.13. The van der Waals surface area contributed by atoms with Gasteiger partial charge in [0.2, 0.25) is 0 Å². The maximum absolute atomic E-state index is 11.3. The van der Waals surface area contributed by atoms with Crippen molar-refractivity contribution in [3.05, 3.63) is 30.9 Å². The van der Waals surface area contributed by atoms with Gasteiger partial charge < -0.3 is 9.52 Å². The van der Waals surface area contributed by atoms with Gasteiger partial charge in [-0.3, -0.25) is 10.1 Å². The van der Waals surface area contributed by atoms with Crippen molar-refractivity contribution in [1.29, 1.82) is 0 Å². The van der Waals surface area contributed by atoms with E-state index >= 15 is 0 Å². The Balaban J connectivity index is 3.01. The summed E-state index contributed by atoms with van der Waals surface area (Å²) in [5.74, 6) is -0.911. The summed E-state index contributed by atoms with van der Waals surface area (Å²) < 4.78 is 4.55. The molecule has 0 aliphatic rings. The smallest absolute Gasteiger partial charge is 0.396 e. The Labute approximate surface area is 90.5 Å². The van der Waals surface area contributed by atoms with Gasteiger partial charge in [-0.25, -0.2) is 4.79 Å². The van der Waals surface area contributed by atoms with E-state index < -0.39 is 21.3 Å². The summed E-state index contributed by atoms with van der Waals surface area (Å²) in [6.45, 7) is 0. The van der Waals surface area contributed by atoms with E-state index in [2.05, 4.69) is 4.42 Å². The van der Waals surface area contributed by atoms with Crippen LogP contribution >= 0.6 is 22.9 Å². The second-order valence-electron chi connectivity index (χ2n) is 2.57. The zero-order valence-corrected chi connectivity index (χ0v) is 8.42. The van der Waals surface area contributed by atoms with E-state index in [1.807, 2.05) is 0 Å². The number of halogens is 1. The van der Waals surface area contributed by atoms with Crippen LogP contribution in [0, 0.1) is 10.1 Å². The summed E-state index contributed by atoms with van der Waals surface area (Å²) in [6.07, 6.45) is 0. The van der Waals surface area contributed by atoms with Gasteiger partial charge >= 0.3 is 4.94 Å². The van der Waals surface area contributed by atoms with Crippen molar-refractivity contribution >= 4 is 38.9 Å². The van der Waals surface area contributed by atoms with Gasteiger partial charge in [-0.05, 0) is 17.1 Å². The quantitative estimate of drug-likeness (QED) is 0.561. The zero-order chi connectivity index (χ0) is 11.2. The van der Waals surface area contributed by atoms with E-state index in [4.69, 9.17) is 11.6 Å². The normalized spacial score (nSPS) is 10.7. The molecule has 1 heterocycles. The third-order valence-electron chi connectivity index (χ3n) is 1.69. The maximum Gasteiger partial charge on any atom is 0.396 e. The van der Waals surface area contributed by atoms with E-state index in [-0.39, 0.29) is 15.3 Å². The molecule has 0 unspecified atom stereocenters. The maximum atomic E-state index is 11.3. The molecule has 6 nitrogen and oxygen atoms in total. The monoisotopic (exact) mass is 246 g/mol. The second kappa shape index (κ2) is 3.21. The van der Waals surface area contributed by atoms with E-state index in [1.54, 1.807) is 0 Å². The van der Waals surface area contributed by atoms with Crippen molar-refractivity contribution in [3.63, 3.8) is 0 Å². The lowest BCUT2D eigenvalue weighted by Crippen LogP contribution is -1.98. The number of hydrogen-bond donors (Lipinski definition) is 0. The number of nitro groups is 1. The average molecular weight is 247 g/mol. The minimum absolute atomic E-state index is 0.0405. The molecule has 0 saturated carbocycles. The molecule has 1 aromatic heterocycles. The average Bonchev–Trinajstić information content (AvgIpc) is 2.46. The molecule has 2 rings (SSSR count). The summed E-state index contributed by atoms with van der Waals surface area (Å²) in [7, 11) is 0. The minimum Gasteiger partial charge on any atom is -0.867 e. The van der Waals surface area contributed by atoms with Gasteiger partial charge in [-0.15, -0.1) is 0 Å². The van der Waals surface area contributed by atoms with Crippen LogP contribution in [0.5, 0.6) is 5.75 Å². The second-order valence-corrected chi connectivity index (χ2v) is 3.93. The van der Waals surface area contributed by atoms with Gasteiger partial charge in [0.1, 0.15) is 0 Å².